The molecule has 0 spiro atoms. The second kappa shape index (κ2) is 11.3. The molecule has 35 heavy (non-hydrogen) atoms. The van der Waals surface area contributed by atoms with Gasteiger partial charge in [0.2, 0.25) is 5.91 Å². The number of rotatable bonds is 8. The average molecular weight is 493 g/mol. The highest BCUT2D eigenvalue weighted by Crippen LogP contribution is 2.27. The van der Waals surface area contributed by atoms with Gasteiger partial charge >= 0.3 is 0 Å². The summed E-state index contributed by atoms with van der Waals surface area (Å²) in [4.78, 5) is 28.7. The molecule has 4 aromatic rings. The number of ether oxygens (including phenoxy) is 1. The minimum absolute atomic E-state index is 0.0223. The van der Waals surface area contributed by atoms with Gasteiger partial charge in [0.15, 0.2) is 17.1 Å². The van der Waals surface area contributed by atoms with Crippen molar-refractivity contribution in [1.29, 1.82) is 0 Å². The van der Waals surface area contributed by atoms with Crippen LogP contribution >= 0.6 is 11.8 Å². The summed E-state index contributed by atoms with van der Waals surface area (Å²) in [5.41, 5.74) is 6.30. The molecule has 178 valence electrons. The Bertz CT molecular complexity index is 1290. The molecule has 0 bridgehead atoms. The summed E-state index contributed by atoms with van der Waals surface area (Å²) >= 11 is 1.17. The van der Waals surface area contributed by atoms with Crippen LogP contribution in [0, 0.1) is 5.82 Å². The van der Waals surface area contributed by atoms with E-state index in [1.165, 1.54) is 43.0 Å². The number of hydrogen-bond donors (Lipinski definition) is 2. The number of para-hydroxylation sites is 1. The third-order valence-corrected chi connectivity index (χ3v) is 5.65. The van der Waals surface area contributed by atoms with Gasteiger partial charge in [0.05, 0.1) is 5.75 Å². The molecule has 0 aliphatic rings. The molecule has 2 aromatic heterocycles. The van der Waals surface area contributed by atoms with Gasteiger partial charge in [-0.3, -0.25) is 30.0 Å². The lowest BCUT2D eigenvalue weighted by molar-refractivity contribution is -0.131. The number of hydrogen-bond acceptors (Lipinski definition) is 7. The van der Waals surface area contributed by atoms with E-state index in [9.17, 15) is 14.0 Å². The van der Waals surface area contributed by atoms with E-state index in [-0.39, 0.29) is 5.75 Å². The Morgan fingerprint density at radius 3 is 2.51 bits per heavy atom. The number of aromatic nitrogens is 4. The zero-order chi connectivity index (χ0) is 24.6. The minimum Gasteiger partial charge on any atom is -0.481 e. The second-order valence-electron chi connectivity index (χ2n) is 7.26. The highest BCUT2D eigenvalue weighted by atomic mass is 32.2. The quantitative estimate of drug-likeness (QED) is 0.287. The van der Waals surface area contributed by atoms with E-state index >= 15 is 0 Å². The number of hydrazine groups is 1. The molecular formula is C24H21FN6O3S. The van der Waals surface area contributed by atoms with Crippen LogP contribution < -0.4 is 15.6 Å². The molecule has 0 saturated carbocycles. The Hall–Kier alpha value is -4.25. The summed E-state index contributed by atoms with van der Waals surface area (Å²) < 4.78 is 20.3. The Kier molecular flexibility index (Phi) is 7.68. The number of pyridine rings is 1. The first-order valence-electron chi connectivity index (χ1n) is 10.6. The summed E-state index contributed by atoms with van der Waals surface area (Å²) in [6, 6.07) is 18.5. The van der Waals surface area contributed by atoms with E-state index < -0.39 is 23.7 Å². The van der Waals surface area contributed by atoms with Gasteiger partial charge in [-0.15, -0.1) is 10.2 Å². The lowest BCUT2D eigenvalue weighted by Crippen LogP contribution is -2.47. The van der Waals surface area contributed by atoms with E-state index in [0.29, 0.717) is 16.7 Å². The molecule has 0 radical (unpaired) electrons. The molecule has 0 fully saturated rings. The number of amides is 2. The van der Waals surface area contributed by atoms with Gasteiger partial charge in [0.1, 0.15) is 11.6 Å². The van der Waals surface area contributed by atoms with Crippen molar-refractivity contribution in [3.8, 4) is 22.8 Å². The maximum absolute atomic E-state index is 13.0. The number of carbonyl (C=O) groups is 2. The smallest absolute Gasteiger partial charge is 0.279 e. The zero-order valence-corrected chi connectivity index (χ0v) is 19.4. The molecule has 1 unspecified atom stereocenters. The van der Waals surface area contributed by atoms with Crippen LogP contribution in [-0.4, -0.2) is 43.4 Å². The van der Waals surface area contributed by atoms with Gasteiger partial charge in [-0.1, -0.05) is 30.0 Å². The van der Waals surface area contributed by atoms with Gasteiger partial charge in [-0.05, 0) is 55.5 Å². The van der Waals surface area contributed by atoms with Crippen molar-refractivity contribution in [1.82, 2.24) is 30.6 Å². The Morgan fingerprint density at radius 1 is 1.03 bits per heavy atom. The van der Waals surface area contributed by atoms with E-state index in [1.54, 1.807) is 12.4 Å². The third kappa shape index (κ3) is 6.21. The molecule has 2 amide bonds. The molecule has 0 saturated heterocycles. The maximum atomic E-state index is 13.0. The molecule has 2 heterocycles. The fourth-order valence-electron chi connectivity index (χ4n) is 3.03. The molecule has 11 heteroatoms. The molecule has 0 aliphatic heterocycles. The maximum Gasteiger partial charge on any atom is 0.279 e. The van der Waals surface area contributed by atoms with Crippen molar-refractivity contribution in [3.05, 3.63) is 84.9 Å². The highest BCUT2D eigenvalue weighted by Gasteiger charge is 2.19. The summed E-state index contributed by atoms with van der Waals surface area (Å²) in [6.45, 7) is 1.52. The van der Waals surface area contributed by atoms with E-state index in [0.717, 1.165) is 11.3 Å². The van der Waals surface area contributed by atoms with Gasteiger partial charge in [-0.25, -0.2) is 4.39 Å². The normalized spacial score (nSPS) is 11.5. The van der Waals surface area contributed by atoms with Gasteiger partial charge in [-0.2, -0.15) is 0 Å². The van der Waals surface area contributed by atoms with Crippen molar-refractivity contribution < 1.29 is 18.7 Å². The summed E-state index contributed by atoms with van der Waals surface area (Å²) in [5.74, 6) is -0.504. The number of halogens is 1. The van der Waals surface area contributed by atoms with Crippen LogP contribution in [0.15, 0.2) is 84.3 Å². The molecule has 0 aliphatic carbocycles. The first kappa shape index (κ1) is 23.9. The predicted molar refractivity (Wildman–Crippen MR) is 128 cm³/mol. The molecular weight excluding hydrogens is 471 g/mol. The van der Waals surface area contributed by atoms with E-state index in [4.69, 9.17) is 4.74 Å². The summed E-state index contributed by atoms with van der Waals surface area (Å²) in [7, 11) is 0. The van der Waals surface area contributed by atoms with Crippen LogP contribution in [0.5, 0.6) is 5.75 Å². The van der Waals surface area contributed by atoms with Crippen LogP contribution in [0.25, 0.3) is 17.1 Å². The van der Waals surface area contributed by atoms with E-state index in [1.807, 2.05) is 47.0 Å². The first-order valence-corrected chi connectivity index (χ1v) is 11.5. The van der Waals surface area contributed by atoms with E-state index in [2.05, 4.69) is 26.0 Å². The average Bonchev–Trinajstić information content (AvgIpc) is 3.32. The number of benzene rings is 2. The SMILES string of the molecule is CC(Oc1ccc(F)cc1)C(=O)NNC(=O)CSc1nnc(-c2cccnc2)n1-c1ccccc1. The van der Waals surface area contributed by atoms with Crippen molar-refractivity contribution in [2.45, 2.75) is 18.2 Å². The number of nitrogens with one attached hydrogen (secondary N) is 2. The van der Waals surface area contributed by atoms with Gasteiger partial charge < -0.3 is 4.74 Å². The van der Waals surface area contributed by atoms with Crippen LogP contribution in [-0.2, 0) is 9.59 Å². The largest absolute Gasteiger partial charge is 0.481 e. The Labute approximate surface area is 204 Å². The fraction of sp³-hybridized carbons (Fsp3) is 0.125. The first-order chi connectivity index (χ1) is 17.0. The fourth-order valence-corrected chi connectivity index (χ4v) is 3.78. The molecule has 2 N–H and O–H groups in total. The minimum atomic E-state index is -0.906. The Morgan fingerprint density at radius 2 is 1.80 bits per heavy atom. The van der Waals surface area contributed by atoms with Crippen molar-refractivity contribution in [2.24, 2.45) is 0 Å². The Balaban J connectivity index is 1.37. The van der Waals surface area contributed by atoms with Crippen LogP contribution in [0.4, 0.5) is 4.39 Å². The van der Waals surface area contributed by atoms with Crippen LogP contribution in [0.2, 0.25) is 0 Å². The molecule has 4 rings (SSSR count). The summed E-state index contributed by atoms with van der Waals surface area (Å²) in [6.07, 6.45) is 2.46. The number of nitrogens with zero attached hydrogens (tertiary/aromatic N) is 4. The summed E-state index contributed by atoms with van der Waals surface area (Å²) in [5, 5.41) is 9.05. The van der Waals surface area contributed by atoms with Crippen LogP contribution in [0.1, 0.15) is 6.92 Å². The number of thioether (sulfide) groups is 1. The number of carbonyl (C=O) groups excluding carboxylic acids is 2. The third-order valence-electron chi connectivity index (χ3n) is 4.72. The predicted octanol–water partition coefficient (Wildman–Crippen LogP) is 3.18. The topological polar surface area (TPSA) is 111 Å². The lowest BCUT2D eigenvalue weighted by Gasteiger charge is -2.15. The van der Waals surface area contributed by atoms with Crippen molar-refractivity contribution >= 4 is 23.6 Å². The standard InChI is InChI=1S/C24H21FN6O3S/c1-16(34-20-11-9-18(25)10-12-20)23(33)29-27-21(32)15-35-24-30-28-22(17-6-5-13-26-14-17)31(24)19-7-3-2-4-8-19/h2-14,16H,15H2,1H3,(H,27,32)(H,29,33). The van der Waals surface area contributed by atoms with Gasteiger partial charge in [0, 0.05) is 23.6 Å². The zero-order valence-electron chi connectivity index (χ0n) is 18.6. The van der Waals surface area contributed by atoms with Crippen molar-refractivity contribution in [3.63, 3.8) is 0 Å². The molecule has 2 aromatic carbocycles. The second-order valence-corrected chi connectivity index (χ2v) is 8.20. The van der Waals surface area contributed by atoms with Crippen LogP contribution in [0.3, 0.4) is 0 Å². The van der Waals surface area contributed by atoms with Gasteiger partial charge in [0.25, 0.3) is 5.91 Å². The highest BCUT2D eigenvalue weighted by molar-refractivity contribution is 7.99. The van der Waals surface area contributed by atoms with Crippen molar-refractivity contribution in [2.75, 3.05) is 5.75 Å². The molecule has 9 nitrogen and oxygen atoms in total. The monoisotopic (exact) mass is 492 g/mol. The molecule has 1 atom stereocenters. The lowest BCUT2D eigenvalue weighted by atomic mass is 10.2.